The van der Waals surface area contributed by atoms with Crippen LogP contribution in [-0.4, -0.2) is 18.7 Å². The van der Waals surface area contributed by atoms with E-state index in [1.165, 1.54) is 35.2 Å². The second kappa shape index (κ2) is 9.00. The average Bonchev–Trinajstić information content (AvgIpc) is 3.10. The van der Waals surface area contributed by atoms with E-state index >= 15 is 0 Å². The monoisotopic (exact) mass is 444 g/mol. The molecule has 0 spiro atoms. The molecular formula is C24H20F4N2O2. The molecule has 1 N–H and O–H groups in total. The minimum Gasteiger partial charge on any atom is -0.442 e. The maximum atomic E-state index is 13.9. The smallest absolute Gasteiger partial charge is 0.416 e. The summed E-state index contributed by atoms with van der Waals surface area (Å²) < 4.78 is 58.3. The standard InChI is InChI=1S/C24H20F4N2O2/c25-19-8-4-7-17(13-19)22-21(15-29-14-16-5-2-1-3-6-16)32-23(31)30(22)20-11-9-18(10-12-20)24(26,27)28/h1-13,21-22,29H,14-15H2. The van der Waals surface area contributed by atoms with Gasteiger partial charge >= 0.3 is 12.3 Å². The summed E-state index contributed by atoms with van der Waals surface area (Å²) in [6.45, 7) is 0.810. The van der Waals surface area contributed by atoms with Crippen LogP contribution in [0.25, 0.3) is 0 Å². The van der Waals surface area contributed by atoms with Crippen molar-refractivity contribution in [2.45, 2.75) is 24.9 Å². The lowest BCUT2D eigenvalue weighted by atomic mass is 9.99. The topological polar surface area (TPSA) is 41.6 Å². The Morgan fingerprint density at radius 3 is 2.31 bits per heavy atom. The summed E-state index contributed by atoms with van der Waals surface area (Å²) in [5.74, 6) is -0.481. The summed E-state index contributed by atoms with van der Waals surface area (Å²) in [6, 6.07) is 18.9. The van der Waals surface area contributed by atoms with E-state index in [9.17, 15) is 22.4 Å². The first-order chi connectivity index (χ1) is 15.3. The summed E-state index contributed by atoms with van der Waals surface area (Å²) >= 11 is 0. The van der Waals surface area contributed by atoms with Crippen molar-refractivity contribution >= 4 is 11.8 Å². The summed E-state index contributed by atoms with van der Waals surface area (Å²) in [4.78, 5) is 14.0. The maximum Gasteiger partial charge on any atom is 0.416 e. The highest BCUT2D eigenvalue weighted by Crippen LogP contribution is 2.39. The van der Waals surface area contributed by atoms with E-state index in [2.05, 4.69) is 5.32 Å². The molecule has 32 heavy (non-hydrogen) atoms. The van der Waals surface area contributed by atoms with Crippen molar-refractivity contribution in [3.8, 4) is 0 Å². The molecule has 0 aliphatic carbocycles. The first-order valence-electron chi connectivity index (χ1n) is 10.00. The van der Waals surface area contributed by atoms with Gasteiger partial charge in [-0.1, -0.05) is 42.5 Å². The molecule has 1 aliphatic heterocycles. The molecule has 2 unspecified atom stereocenters. The number of benzene rings is 3. The van der Waals surface area contributed by atoms with Gasteiger partial charge < -0.3 is 10.1 Å². The number of carbonyl (C=O) groups is 1. The summed E-state index contributed by atoms with van der Waals surface area (Å²) in [7, 11) is 0. The molecule has 1 fully saturated rings. The number of halogens is 4. The van der Waals surface area contributed by atoms with Crippen LogP contribution in [0.1, 0.15) is 22.7 Å². The van der Waals surface area contributed by atoms with Crippen LogP contribution in [0.15, 0.2) is 78.9 Å². The highest BCUT2D eigenvalue weighted by atomic mass is 19.4. The predicted octanol–water partition coefficient (Wildman–Crippen LogP) is 5.70. The Hall–Kier alpha value is -3.39. The second-order valence-electron chi connectivity index (χ2n) is 7.45. The number of ether oxygens (including phenoxy) is 1. The lowest BCUT2D eigenvalue weighted by Crippen LogP contribution is -2.34. The number of amides is 1. The Balaban J connectivity index is 1.60. The highest BCUT2D eigenvalue weighted by molar-refractivity contribution is 5.91. The largest absolute Gasteiger partial charge is 0.442 e. The Morgan fingerprint density at radius 2 is 1.66 bits per heavy atom. The molecule has 4 nitrogen and oxygen atoms in total. The van der Waals surface area contributed by atoms with Crippen molar-refractivity contribution in [2.75, 3.05) is 11.4 Å². The van der Waals surface area contributed by atoms with Crippen molar-refractivity contribution < 1.29 is 27.1 Å². The van der Waals surface area contributed by atoms with E-state index in [1.54, 1.807) is 6.07 Å². The number of hydrogen-bond donors (Lipinski definition) is 1. The van der Waals surface area contributed by atoms with Crippen LogP contribution in [0.4, 0.5) is 28.0 Å². The fraction of sp³-hybridized carbons (Fsp3) is 0.208. The SMILES string of the molecule is O=C1OC(CNCc2ccccc2)C(c2cccc(F)c2)N1c1ccc(C(F)(F)F)cc1. The fourth-order valence-corrected chi connectivity index (χ4v) is 3.77. The third-order valence-corrected chi connectivity index (χ3v) is 5.26. The number of alkyl halides is 3. The molecule has 3 aromatic rings. The zero-order valence-corrected chi connectivity index (χ0v) is 16.9. The molecule has 0 aromatic heterocycles. The molecule has 1 aliphatic rings. The van der Waals surface area contributed by atoms with E-state index in [1.807, 2.05) is 30.3 Å². The van der Waals surface area contributed by atoms with Crippen molar-refractivity contribution in [2.24, 2.45) is 0 Å². The average molecular weight is 444 g/mol. The number of carbonyl (C=O) groups excluding carboxylic acids is 1. The van der Waals surface area contributed by atoms with E-state index < -0.39 is 35.8 Å². The Morgan fingerprint density at radius 1 is 0.938 bits per heavy atom. The van der Waals surface area contributed by atoms with Gasteiger partial charge in [-0.15, -0.1) is 0 Å². The van der Waals surface area contributed by atoms with Crippen LogP contribution in [0, 0.1) is 5.82 Å². The minimum atomic E-state index is -4.49. The van der Waals surface area contributed by atoms with Crippen LogP contribution in [0.5, 0.6) is 0 Å². The molecule has 3 aromatic carbocycles. The van der Waals surface area contributed by atoms with Gasteiger partial charge in [-0.05, 0) is 47.5 Å². The Kier molecular flexibility index (Phi) is 6.14. The molecule has 0 radical (unpaired) electrons. The van der Waals surface area contributed by atoms with Crippen LogP contribution in [0.3, 0.4) is 0 Å². The van der Waals surface area contributed by atoms with E-state index in [0.717, 1.165) is 17.7 Å². The number of nitrogens with one attached hydrogen (secondary N) is 1. The number of cyclic esters (lactones) is 1. The van der Waals surface area contributed by atoms with E-state index in [0.29, 0.717) is 12.1 Å². The van der Waals surface area contributed by atoms with Crippen LogP contribution >= 0.6 is 0 Å². The minimum absolute atomic E-state index is 0.239. The number of nitrogens with zero attached hydrogens (tertiary/aromatic N) is 1. The van der Waals surface area contributed by atoms with Crippen LogP contribution < -0.4 is 10.2 Å². The van der Waals surface area contributed by atoms with Gasteiger partial charge in [-0.25, -0.2) is 9.18 Å². The van der Waals surface area contributed by atoms with Gasteiger partial charge in [0.1, 0.15) is 18.0 Å². The second-order valence-corrected chi connectivity index (χ2v) is 7.45. The summed E-state index contributed by atoms with van der Waals surface area (Å²) in [5.41, 5.74) is 0.945. The van der Waals surface area contributed by atoms with Crippen molar-refractivity contribution in [1.29, 1.82) is 0 Å². The summed E-state index contributed by atoms with van der Waals surface area (Å²) in [5, 5.41) is 3.23. The molecule has 166 valence electrons. The number of hydrogen-bond acceptors (Lipinski definition) is 3. The van der Waals surface area contributed by atoms with Gasteiger partial charge in [0, 0.05) is 18.8 Å². The van der Waals surface area contributed by atoms with Gasteiger partial charge in [-0.2, -0.15) is 13.2 Å². The lowest BCUT2D eigenvalue weighted by molar-refractivity contribution is -0.137. The van der Waals surface area contributed by atoms with Gasteiger partial charge in [-0.3, -0.25) is 4.90 Å². The molecule has 0 saturated carbocycles. The normalized spacial score (nSPS) is 18.6. The third kappa shape index (κ3) is 4.75. The lowest BCUT2D eigenvalue weighted by Gasteiger charge is -2.25. The molecule has 1 saturated heterocycles. The zero-order valence-electron chi connectivity index (χ0n) is 16.9. The van der Waals surface area contributed by atoms with Gasteiger partial charge in [0.2, 0.25) is 0 Å². The van der Waals surface area contributed by atoms with Crippen molar-refractivity contribution in [3.63, 3.8) is 0 Å². The summed E-state index contributed by atoms with van der Waals surface area (Å²) in [6.07, 6.45) is -5.86. The molecule has 8 heteroatoms. The molecule has 1 amide bonds. The van der Waals surface area contributed by atoms with Crippen LogP contribution in [-0.2, 0) is 17.5 Å². The Labute approximate surface area is 182 Å². The van der Waals surface area contributed by atoms with Gasteiger partial charge in [0.05, 0.1) is 5.56 Å². The van der Waals surface area contributed by atoms with Gasteiger partial charge in [0.15, 0.2) is 0 Å². The molecule has 0 bridgehead atoms. The number of rotatable bonds is 6. The highest BCUT2D eigenvalue weighted by Gasteiger charge is 2.43. The first-order valence-corrected chi connectivity index (χ1v) is 10.00. The molecule has 4 rings (SSSR count). The third-order valence-electron chi connectivity index (χ3n) is 5.26. The zero-order chi connectivity index (χ0) is 22.7. The molecule has 1 heterocycles. The fourth-order valence-electron chi connectivity index (χ4n) is 3.77. The number of anilines is 1. The van der Waals surface area contributed by atoms with Gasteiger partial charge in [0.25, 0.3) is 0 Å². The van der Waals surface area contributed by atoms with Crippen LogP contribution in [0.2, 0.25) is 0 Å². The molecular weight excluding hydrogens is 424 g/mol. The first kappa shape index (κ1) is 21.8. The van der Waals surface area contributed by atoms with Crippen molar-refractivity contribution in [1.82, 2.24) is 5.32 Å². The Bertz CT molecular complexity index is 1070. The maximum absolute atomic E-state index is 13.9. The van der Waals surface area contributed by atoms with E-state index in [-0.39, 0.29) is 12.2 Å². The predicted molar refractivity (Wildman–Crippen MR) is 111 cm³/mol. The van der Waals surface area contributed by atoms with E-state index in [4.69, 9.17) is 4.74 Å². The quantitative estimate of drug-likeness (QED) is 0.496. The van der Waals surface area contributed by atoms with Crippen molar-refractivity contribution in [3.05, 3.63) is 101 Å². The molecule has 2 atom stereocenters.